The van der Waals surface area contributed by atoms with Crippen molar-refractivity contribution in [2.24, 2.45) is 0 Å². The fourth-order valence-electron chi connectivity index (χ4n) is 1.01. The zero-order chi connectivity index (χ0) is 12.0. The van der Waals surface area contributed by atoms with Crippen molar-refractivity contribution in [2.45, 2.75) is 13.0 Å². The second-order valence-corrected chi connectivity index (χ2v) is 3.11. The minimum absolute atomic E-state index is 0.260. The van der Waals surface area contributed by atoms with E-state index >= 15 is 0 Å². The third-order valence-corrected chi connectivity index (χ3v) is 1.80. The molecule has 0 aliphatic heterocycles. The first-order chi connectivity index (χ1) is 7.63. The number of halogens is 1. The molecule has 5 heteroatoms. The van der Waals surface area contributed by atoms with Crippen molar-refractivity contribution < 1.29 is 13.9 Å². The van der Waals surface area contributed by atoms with E-state index in [1.165, 1.54) is 18.3 Å². The third-order valence-electron chi connectivity index (χ3n) is 1.80. The Bertz CT molecular complexity index is 365. The summed E-state index contributed by atoms with van der Waals surface area (Å²) < 4.78 is 17.7. The highest BCUT2D eigenvalue weighted by Gasteiger charge is 2.13. The average Bonchev–Trinajstić information content (AvgIpc) is 2.29. The Morgan fingerprint density at radius 1 is 1.75 bits per heavy atom. The van der Waals surface area contributed by atoms with Gasteiger partial charge in [0, 0.05) is 6.54 Å². The monoisotopic (exact) mass is 224 g/mol. The molecule has 4 nitrogen and oxygen atoms in total. The van der Waals surface area contributed by atoms with Crippen molar-refractivity contribution in [2.75, 3.05) is 6.54 Å². The highest BCUT2D eigenvalue weighted by molar-refractivity contribution is 5.80. The summed E-state index contributed by atoms with van der Waals surface area (Å²) in [7, 11) is 0. The van der Waals surface area contributed by atoms with E-state index in [1.807, 2.05) is 0 Å². The normalized spacial score (nSPS) is 11.6. The van der Waals surface area contributed by atoms with Crippen LogP contribution in [-0.4, -0.2) is 23.5 Å². The summed E-state index contributed by atoms with van der Waals surface area (Å²) in [6.07, 6.45) is 2.14. The number of amides is 1. The molecule has 1 atom stereocenters. The number of ether oxygens (including phenoxy) is 1. The minimum atomic E-state index is -0.660. The van der Waals surface area contributed by atoms with Crippen LogP contribution in [0.4, 0.5) is 4.39 Å². The van der Waals surface area contributed by atoms with Gasteiger partial charge < -0.3 is 10.1 Å². The van der Waals surface area contributed by atoms with Crippen molar-refractivity contribution in [1.29, 1.82) is 0 Å². The lowest BCUT2D eigenvalue weighted by atomic mass is 10.3. The molecule has 16 heavy (non-hydrogen) atoms. The molecule has 0 saturated heterocycles. The van der Waals surface area contributed by atoms with E-state index in [0.717, 1.165) is 0 Å². The summed E-state index contributed by atoms with van der Waals surface area (Å²) in [6, 6.07) is 2.59. The van der Waals surface area contributed by atoms with Crippen LogP contribution in [0.15, 0.2) is 31.0 Å². The molecule has 0 fully saturated rings. The fourth-order valence-corrected chi connectivity index (χ4v) is 1.01. The number of rotatable bonds is 5. The zero-order valence-corrected chi connectivity index (χ0v) is 8.94. The van der Waals surface area contributed by atoms with Crippen LogP contribution in [0.5, 0.6) is 5.75 Å². The number of nitrogens with one attached hydrogen (secondary N) is 1. The van der Waals surface area contributed by atoms with Gasteiger partial charge in [0.15, 0.2) is 6.10 Å². The van der Waals surface area contributed by atoms with Crippen LogP contribution in [0.3, 0.4) is 0 Å². The maximum absolute atomic E-state index is 12.5. The van der Waals surface area contributed by atoms with Crippen molar-refractivity contribution in [3.8, 4) is 5.75 Å². The van der Waals surface area contributed by atoms with Gasteiger partial charge in [-0.05, 0) is 19.1 Å². The summed E-state index contributed by atoms with van der Waals surface area (Å²) >= 11 is 0. The van der Waals surface area contributed by atoms with Crippen LogP contribution in [-0.2, 0) is 4.79 Å². The van der Waals surface area contributed by atoms with Crippen molar-refractivity contribution in [3.63, 3.8) is 0 Å². The van der Waals surface area contributed by atoms with Gasteiger partial charge in [0.2, 0.25) is 5.95 Å². The second kappa shape index (κ2) is 5.85. The molecule has 0 saturated carbocycles. The van der Waals surface area contributed by atoms with Gasteiger partial charge in [-0.15, -0.1) is 6.58 Å². The Balaban J connectivity index is 2.50. The minimum Gasteiger partial charge on any atom is -0.479 e. The number of pyridine rings is 1. The van der Waals surface area contributed by atoms with Crippen molar-refractivity contribution in [3.05, 3.63) is 36.9 Å². The van der Waals surface area contributed by atoms with Crippen LogP contribution < -0.4 is 10.1 Å². The predicted molar refractivity (Wildman–Crippen MR) is 57.5 cm³/mol. The number of hydrogen-bond acceptors (Lipinski definition) is 3. The van der Waals surface area contributed by atoms with Crippen LogP contribution in [0.1, 0.15) is 6.92 Å². The molecule has 1 rings (SSSR count). The Labute approximate surface area is 93.1 Å². The molecule has 1 aromatic rings. The first-order valence-corrected chi connectivity index (χ1v) is 4.80. The number of aromatic nitrogens is 1. The Morgan fingerprint density at radius 2 is 2.50 bits per heavy atom. The van der Waals surface area contributed by atoms with Gasteiger partial charge >= 0.3 is 0 Å². The van der Waals surface area contributed by atoms with Gasteiger partial charge in [0.1, 0.15) is 5.75 Å². The molecular formula is C11H13FN2O2. The first kappa shape index (κ1) is 12.2. The topological polar surface area (TPSA) is 51.2 Å². The second-order valence-electron chi connectivity index (χ2n) is 3.11. The van der Waals surface area contributed by atoms with E-state index in [-0.39, 0.29) is 5.91 Å². The molecule has 1 heterocycles. The highest BCUT2D eigenvalue weighted by Crippen LogP contribution is 2.10. The van der Waals surface area contributed by atoms with Crippen LogP contribution in [0.2, 0.25) is 0 Å². The molecule has 86 valence electrons. The lowest BCUT2D eigenvalue weighted by molar-refractivity contribution is -0.127. The maximum atomic E-state index is 12.5. The van der Waals surface area contributed by atoms with Crippen LogP contribution in [0, 0.1) is 5.95 Å². The Hall–Kier alpha value is -1.91. The summed E-state index contributed by atoms with van der Waals surface area (Å²) in [5.74, 6) is -0.497. The summed E-state index contributed by atoms with van der Waals surface area (Å²) in [5.41, 5.74) is 0. The van der Waals surface area contributed by atoms with Gasteiger partial charge in [-0.3, -0.25) is 4.79 Å². The highest BCUT2D eigenvalue weighted by atomic mass is 19.1. The van der Waals surface area contributed by atoms with Crippen LogP contribution >= 0.6 is 0 Å². The predicted octanol–water partition coefficient (Wildman–Crippen LogP) is 1.29. The van der Waals surface area contributed by atoms with Crippen LogP contribution in [0.25, 0.3) is 0 Å². The van der Waals surface area contributed by atoms with Gasteiger partial charge in [-0.2, -0.15) is 4.39 Å². The van der Waals surface area contributed by atoms with E-state index in [9.17, 15) is 9.18 Å². The number of nitrogens with zero attached hydrogens (tertiary/aromatic N) is 1. The van der Waals surface area contributed by atoms with E-state index in [0.29, 0.717) is 12.3 Å². The largest absolute Gasteiger partial charge is 0.479 e. The lowest BCUT2D eigenvalue weighted by Crippen LogP contribution is -2.36. The summed E-state index contributed by atoms with van der Waals surface area (Å²) in [4.78, 5) is 14.8. The van der Waals surface area contributed by atoms with Gasteiger partial charge in [-0.1, -0.05) is 6.08 Å². The van der Waals surface area contributed by atoms with Gasteiger partial charge in [0.05, 0.1) is 6.20 Å². The molecule has 1 unspecified atom stereocenters. The third kappa shape index (κ3) is 3.68. The molecule has 1 N–H and O–H groups in total. The fraction of sp³-hybridized carbons (Fsp3) is 0.273. The smallest absolute Gasteiger partial charge is 0.261 e. The zero-order valence-electron chi connectivity index (χ0n) is 8.94. The summed E-state index contributed by atoms with van der Waals surface area (Å²) in [5, 5.41) is 2.59. The molecule has 0 spiro atoms. The number of carbonyl (C=O) groups is 1. The van der Waals surface area contributed by atoms with E-state index < -0.39 is 12.1 Å². The first-order valence-electron chi connectivity index (χ1n) is 4.80. The molecule has 1 aromatic heterocycles. The van der Waals surface area contributed by atoms with E-state index in [1.54, 1.807) is 13.0 Å². The standard InChI is InChI=1S/C11H13FN2O2/c1-3-6-13-11(15)8(2)16-9-4-5-10(12)14-7-9/h3-5,7-8H,1,6H2,2H3,(H,13,15). The van der Waals surface area contributed by atoms with Gasteiger partial charge in [-0.25, -0.2) is 4.98 Å². The van der Waals surface area contributed by atoms with Gasteiger partial charge in [0.25, 0.3) is 5.91 Å². The molecule has 0 aliphatic carbocycles. The molecule has 0 aliphatic rings. The average molecular weight is 224 g/mol. The maximum Gasteiger partial charge on any atom is 0.261 e. The molecule has 0 aromatic carbocycles. The SMILES string of the molecule is C=CCNC(=O)C(C)Oc1ccc(F)nc1. The van der Waals surface area contributed by atoms with E-state index in [2.05, 4.69) is 16.9 Å². The van der Waals surface area contributed by atoms with E-state index in [4.69, 9.17) is 4.74 Å². The van der Waals surface area contributed by atoms with Crippen molar-refractivity contribution >= 4 is 5.91 Å². The quantitative estimate of drug-likeness (QED) is 0.605. The molecular weight excluding hydrogens is 211 g/mol. The lowest BCUT2D eigenvalue weighted by Gasteiger charge is -2.13. The number of hydrogen-bond donors (Lipinski definition) is 1. The molecule has 0 radical (unpaired) electrons. The Morgan fingerprint density at radius 3 is 3.06 bits per heavy atom. The molecule has 1 amide bonds. The number of carbonyl (C=O) groups excluding carboxylic acids is 1. The summed E-state index contributed by atoms with van der Waals surface area (Å²) in [6.45, 7) is 5.46. The van der Waals surface area contributed by atoms with Crippen molar-refractivity contribution in [1.82, 2.24) is 10.3 Å². The molecule has 0 bridgehead atoms. The Kier molecular flexibility index (Phi) is 4.44.